The monoisotopic (exact) mass is 238 g/mol. The number of aryl methyl sites for hydroxylation is 1. The van der Waals surface area contributed by atoms with Crippen LogP contribution in [0.4, 0.5) is 4.79 Å². The third kappa shape index (κ3) is 4.84. The first-order chi connectivity index (χ1) is 7.58. The SMILES string of the molecule is Cc1ccc(SCCC(=O)NC(N)=O)cc1. The predicted octanol–water partition coefficient (Wildman–Crippen LogP) is 1.67. The molecule has 0 saturated carbocycles. The van der Waals surface area contributed by atoms with Gasteiger partial charge in [-0.1, -0.05) is 17.7 Å². The molecule has 86 valence electrons. The summed E-state index contributed by atoms with van der Waals surface area (Å²) in [5.41, 5.74) is 6.02. The maximum absolute atomic E-state index is 11.1. The number of nitrogens with two attached hydrogens (primary N) is 1. The lowest BCUT2D eigenvalue weighted by molar-refractivity contribution is -0.119. The Balaban J connectivity index is 2.28. The van der Waals surface area contributed by atoms with E-state index in [-0.39, 0.29) is 12.3 Å². The molecule has 0 spiro atoms. The first-order valence-corrected chi connectivity index (χ1v) is 5.85. The van der Waals surface area contributed by atoms with Crippen LogP contribution in [0.15, 0.2) is 29.2 Å². The van der Waals surface area contributed by atoms with Gasteiger partial charge in [-0.15, -0.1) is 11.8 Å². The van der Waals surface area contributed by atoms with E-state index in [2.05, 4.69) is 0 Å². The third-order valence-electron chi connectivity index (χ3n) is 1.88. The summed E-state index contributed by atoms with van der Waals surface area (Å²) < 4.78 is 0. The van der Waals surface area contributed by atoms with E-state index in [0.29, 0.717) is 5.75 Å². The average molecular weight is 238 g/mol. The van der Waals surface area contributed by atoms with Gasteiger partial charge in [0.15, 0.2) is 0 Å². The smallest absolute Gasteiger partial charge is 0.318 e. The number of amides is 3. The lowest BCUT2D eigenvalue weighted by Gasteiger charge is -2.02. The maximum Gasteiger partial charge on any atom is 0.318 e. The Labute approximate surface area is 98.6 Å². The summed E-state index contributed by atoms with van der Waals surface area (Å²) >= 11 is 1.57. The molecule has 0 aliphatic carbocycles. The van der Waals surface area contributed by atoms with E-state index in [0.717, 1.165) is 4.90 Å². The van der Waals surface area contributed by atoms with Crippen LogP contribution in [0, 0.1) is 6.92 Å². The van der Waals surface area contributed by atoms with Crippen molar-refractivity contribution in [2.24, 2.45) is 5.73 Å². The normalized spacial score (nSPS) is 9.81. The lowest BCUT2D eigenvalue weighted by atomic mass is 10.2. The molecule has 0 saturated heterocycles. The van der Waals surface area contributed by atoms with Gasteiger partial charge in [0.2, 0.25) is 5.91 Å². The number of thioether (sulfide) groups is 1. The summed E-state index contributed by atoms with van der Waals surface area (Å²) in [6.45, 7) is 2.02. The molecule has 3 N–H and O–H groups in total. The highest BCUT2D eigenvalue weighted by Crippen LogP contribution is 2.18. The minimum Gasteiger partial charge on any atom is -0.351 e. The number of rotatable bonds is 4. The molecule has 5 heteroatoms. The lowest BCUT2D eigenvalue weighted by Crippen LogP contribution is -2.35. The number of hydrogen-bond acceptors (Lipinski definition) is 3. The Morgan fingerprint density at radius 3 is 2.50 bits per heavy atom. The zero-order valence-corrected chi connectivity index (χ0v) is 9.84. The largest absolute Gasteiger partial charge is 0.351 e. The predicted molar refractivity (Wildman–Crippen MR) is 64.2 cm³/mol. The van der Waals surface area contributed by atoms with Crippen LogP contribution in [0.3, 0.4) is 0 Å². The van der Waals surface area contributed by atoms with Crippen molar-refractivity contribution in [3.05, 3.63) is 29.8 Å². The Morgan fingerprint density at radius 2 is 1.94 bits per heavy atom. The Kier molecular flexibility index (Phi) is 4.85. The topological polar surface area (TPSA) is 72.2 Å². The van der Waals surface area contributed by atoms with Crippen molar-refractivity contribution in [3.63, 3.8) is 0 Å². The summed E-state index contributed by atoms with van der Waals surface area (Å²) in [6.07, 6.45) is 0.279. The minimum absolute atomic E-state index is 0.279. The van der Waals surface area contributed by atoms with E-state index in [4.69, 9.17) is 5.73 Å². The summed E-state index contributed by atoms with van der Waals surface area (Å²) in [5, 5.41) is 2.02. The van der Waals surface area contributed by atoms with E-state index in [1.807, 2.05) is 36.5 Å². The highest BCUT2D eigenvalue weighted by molar-refractivity contribution is 7.99. The highest BCUT2D eigenvalue weighted by Gasteiger charge is 2.03. The molecule has 4 nitrogen and oxygen atoms in total. The van der Waals surface area contributed by atoms with Crippen LogP contribution < -0.4 is 11.1 Å². The number of carbonyl (C=O) groups is 2. The molecule has 1 aromatic carbocycles. The number of nitrogens with one attached hydrogen (secondary N) is 1. The van der Waals surface area contributed by atoms with E-state index in [9.17, 15) is 9.59 Å². The quantitative estimate of drug-likeness (QED) is 0.784. The second-order valence-electron chi connectivity index (χ2n) is 3.32. The van der Waals surface area contributed by atoms with Crippen molar-refractivity contribution < 1.29 is 9.59 Å². The van der Waals surface area contributed by atoms with Crippen LogP contribution in [0.25, 0.3) is 0 Å². The number of urea groups is 1. The van der Waals surface area contributed by atoms with Gasteiger partial charge in [0.05, 0.1) is 0 Å². The fourth-order valence-corrected chi connectivity index (χ4v) is 1.95. The van der Waals surface area contributed by atoms with Crippen LogP contribution >= 0.6 is 11.8 Å². The molecule has 0 aliphatic heterocycles. The van der Waals surface area contributed by atoms with Gasteiger partial charge in [-0.3, -0.25) is 10.1 Å². The van der Waals surface area contributed by atoms with E-state index >= 15 is 0 Å². The Morgan fingerprint density at radius 1 is 1.31 bits per heavy atom. The first-order valence-electron chi connectivity index (χ1n) is 4.86. The highest BCUT2D eigenvalue weighted by atomic mass is 32.2. The fraction of sp³-hybridized carbons (Fsp3) is 0.273. The number of primary amides is 1. The van der Waals surface area contributed by atoms with Crippen molar-refractivity contribution in [2.45, 2.75) is 18.2 Å². The van der Waals surface area contributed by atoms with Crippen LogP contribution in [0.5, 0.6) is 0 Å². The van der Waals surface area contributed by atoms with Crippen molar-refractivity contribution >= 4 is 23.7 Å². The molecule has 0 atom stereocenters. The molecule has 0 fully saturated rings. The van der Waals surface area contributed by atoms with Gasteiger partial charge in [0.1, 0.15) is 0 Å². The summed E-state index contributed by atoms with van der Waals surface area (Å²) in [7, 11) is 0. The number of benzene rings is 1. The number of carbonyl (C=O) groups excluding carboxylic acids is 2. The molecule has 0 aromatic heterocycles. The van der Waals surface area contributed by atoms with Gasteiger partial charge in [0, 0.05) is 17.1 Å². The van der Waals surface area contributed by atoms with Crippen molar-refractivity contribution in [1.82, 2.24) is 5.32 Å². The van der Waals surface area contributed by atoms with Gasteiger partial charge in [-0.2, -0.15) is 0 Å². The first kappa shape index (κ1) is 12.6. The van der Waals surface area contributed by atoms with Gasteiger partial charge >= 0.3 is 6.03 Å². The molecule has 16 heavy (non-hydrogen) atoms. The third-order valence-corrected chi connectivity index (χ3v) is 2.90. The molecular weight excluding hydrogens is 224 g/mol. The number of imide groups is 1. The molecule has 0 heterocycles. The average Bonchev–Trinajstić information content (AvgIpc) is 2.20. The molecule has 1 aromatic rings. The van der Waals surface area contributed by atoms with Crippen LogP contribution in [-0.2, 0) is 4.79 Å². The van der Waals surface area contributed by atoms with Gasteiger partial charge in [-0.25, -0.2) is 4.79 Å². The summed E-state index contributed by atoms with van der Waals surface area (Å²) in [6, 6.07) is 7.25. The van der Waals surface area contributed by atoms with E-state index in [1.165, 1.54) is 5.56 Å². The number of hydrogen-bond donors (Lipinski definition) is 2. The van der Waals surface area contributed by atoms with Gasteiger partial charge in [-0.05, 0) is 19.1 Å². The molecule has 0 bridgehead atoms. The molecule has 0 unspecified atom stereocenters. The van der Waals surface area contributed by atoms with E-state index in [1.54, 1.807) is 11.8 Å². The van der Waals surface area contributed by atoms with E-state index < -0.39 is 6.03 Å². The second kappa shape index (κ2) is 6.17. The van der Waals surface area contributed by atoms with Crippen LogP contribution in [-0.4, -0.2) is 17.7 Å². The standard InChI is InChI=1S/C11H14N2O2S/c1-8-2-4-9(5-3-8)16-7-6-10(14)13-11(12)15/h2-5H,6-7H2,1H3,(H3,12,13,14,15). The molecular formula is C11H14N2O2S. The minimum atomic E-state index is -0.801. The van der Waals surface area contributed by atoms with Crippen molar-refractivity contribution in [2.75, 3.05) is 5.75 Å². The van der Waals surface area contributed by atoms with Crippen molar-refractivity contribution in [3.8, 4) is 0 Å². The second-order valence-corrected chi connectivity index (χ2v) is 4.49. The zero-order chi connectivity index (χ0) is 12.0. The molecule has 1 rings (SSSR count). The van der Waals surface area contributed by atoms with Crippen LogP contribution in [0.2, 0.25) is 0 Å². The summed E-state index contributed by atoms with van der Waals surface area (Å²) in [4.78, 5) is 22.5. The molecule has 0 radical (unpaired) electrons. The van der Waals surface area contributed by atoms with Crippen molar-refractivity contribution in [1.29, 1.82) is 0 Å². The molecule has 3 amide bonds. The van der Waals surface area contributed by atoms with Gasteiger partial charge in [0.25, 0.3) is 0 Å². The van der Waals surface area contributed by atoms with Gasteiger partial charge < -0.3 is 5.73 Å². The zero-order valence-electron chi connectivity index (χ0n) is 9.03. The fourth-order valence-electron chi connectivity index (χ4n) is 1.10. The Hall–Kier alpha value is -1.49. The van der Waals surface area contributed by atoms with Crippen LogP contribution in [0.1, 0.15) is 12.0 Å². The molecule has 0 aliphatic rings. The Bertz CT molecular complexity index is 376. The summed E-state index contributed by atoms with van der Waals surface area (Å²) in [5.74, 6) is 0.287. The maximum atomic E-state index is 11.1.